The topological polar surface area (TPSA) is 26.3 Å². The molecule has 104 valence electrons. The number of ether oxygens (including phenoxy) is 1. The number of carbonyl (C=O) groups excluding carboxylic acids is 1. The van der Waals surface area contributed by atoms with Crippen LogP contribution in [0.3, 0.4) is 0 Å². The Morgan fingerprint density at radius 3 is 2.33 bits per heavy atom. The molecule has 0 aromatic carbocycles. The van der Waals surface area contributed by atoms with E-state index in [1.165, 1.54) is 6.08 Å². The number of rotatable bonds is 3. The van der Waals surface area contributed by atoms with Crippen LogP contribution in [0.15, 0.2) is 12.2 Å². The zero-order valence-electron chi connectivity index (χ0n) is 9.47. The fourth-order valence-electron chi connectivity index (χ4n) is 1.67. The molecule has 1 saturated carbocycles. The molecule has 1 aliphatic rings. The SMILES string of the molecule is O=C(/C=C/C1CCC(F)(F)CC1)OCC(F)(F)F. The van der Waals surface area contributed by atoms with E-state index in [1.807, 2.05) is 0 Å². The summed E-state index contributed by atoms with van der Waals surface area (Å²) < 4.78 is 64.7. The molecule has 2 nitrogen and oxygen atoms in total. The minimum atomic E-state index is -4.56. The molecular weight excluding hydrogens is 259 g/mol. The van der Waals surface area contributed by atoms with Crippen molar-refractivity contribution in [3.05, 3.63) is 12.2 Å². The van der Waals surface area contributed by atoms with Crippen LogP contribution in [0.4, 0.5) is 22.0 Å². The van der Waals surface area contributed by atoms with Crippen molar-refractivity contribution in [3.63, 3.8) is 0 Å². The van der Waals surface area contributed by atoms with Gasteiger partial charge in [0.15, 0.2) is 6.61 Å². The van der Waals surface area contributed by atoms with E-state index >= 15 is 0 Å². The Bertz CT molecular complexity index is 312. The van der Waals surface area contributed by atoms with Gasteiger partial charge in [0.2, 0.25) is 5.92 Å². The lowest BCUT2D eigenvalue weighted by Gasteiger charge is -2.26. The molecule has 0 N–H and O–H groups in total. The summed E-state index contributed by atoms with van der Waals surface area (Å²) in [7, 11) is 0. The largest absolute Gasteiger partial charge is 0.453 e. The van der Waals surface area contributed by atoms with Crippen molar-refractivity contribution in [3.8, 4) is 0 Å². The third-order valence-corrected chi connectivity index (χ3v) is 2.64. The van der Waals surface area contributed by atoms with Crippen LogP contribution in [-0.4, -0.2) is 24.7 Å². The highest BCUT2D eigenvalue weighted by molar-refractivity contribution is 5.81. The summed E-state index contributed by atoms with van der Waals surface area (Å²) in [5, 5.41) is 0. The molecule has 7 heteroatoms. The summed E-state index contributed by atoms with van der Waals surface area (Å²) in [5.74, 6) is -3.98. The molecule has 0 aromatic heterocycles. The van der Waals surface area contributed by atoms with Gasteiger partial charge in [-0.25, -0.2) is 13.6 Å². The first-order valence-corrected chi connectivity index (χ1v) is 5.47. The molecule has 0 atom stereocenters. The van der Waals surface area contributed by atoms with Gasteiger partial charge in [-0.05, 0) is 18.8 Å². The van der Waals surface area contributed by atoms with Gasteiger partial charge in [-0.1, -0.05) is 6.08 Å². The van der Waals surface area contributed by atoms with Gasteiger partial charge < -0.3 is 4.74 Å². The molecule has 0 spiro atoms. The van der Waals surface area contributed by atoms with Crippen molar-refractivity contribution in [1.29, 1.82) is 0 Å². The highest BCUT2D eigenvalue weighted by atomic mass is 19.4. The van der Waals surface area contributed by atoms with Crippen LogP contribution in [0.5, 0.6) is 0 Å². The Morgan fingerprint density at radius 2 is 1.83 bits per heavy atom. The Morgan fingerprint density at radius 1 is 1.28 bits per heavy atom. The number of carbonyl (C=O) groups is 1. The van der Waals surface area contributed by atoms with E-state index in [4.69, 9.17) is 0 Å². The number of hydrogen-bond donors (Lipinski definition) is 0. The average Bonchev–Trinajstić information content (AvgIpc) is 2.24. The monoisotopic (exact) mass is 272 g/mol. The minimum Gasteiger partial charge on any atom is -0.453 e. The van der Waals surface area contributed by atoms with E-state index < -0.39 is 24.7 Å². The third kappa shape index (κ3) is 5.97. The quantitative estimate of drug-likeness (QED) is 0.446. The Hall–Kier alpha value is -1.14. The molecule has 1 rings (SSSR count). The maximum atomic E-state index is 12.8. The van der Waals surface area contributed by atoms with Gasteiger partial charge in [-0.15, -0.1) is 0 Å². The zero-order valence-corrected chi connectivity index (χ0v) is 9.47. The van der Waals surface area contributed by atoms with Gasteiger partial charge in [-0.3, -0.25) is 0 Å². The molecule has 0 saturated heterocycles. The first-order valence-electron chi connectivity index (χ1n) is 5.47. The molecule has 0 radical (unpaired) electrons. The normalized spacial score (nSPS) is 21.2. The molecule has 1 fully saturated rings. The van der Waals surface area contributed by atoms with Crippen LogP contribution in [0.2, 0.25) is 0 Å². The van der Waals surface area contributed by atoms with Gasteiger partial charge in [0.1, 0.15) is 0 Å². The summed E-state index contributed by atoms with van der Waals surface area (Å²) in [6.45, 7) is -1.64. The second-order valence-corrected chi connectivity index (χ2v) is 4.28. The Labute approximate surface area is 101 Å². The van der Waals surface area contributed by atoms with Crippen molar-refractivity contribution in [2.24, 2.45) is 5.92 Å². The number of esters is 1. The number of alkyl halides is 5. The molecule has 18 heavy (non-hydrogen) atoms. The Kier molecular flexibility index (Phi) is 4.70. The average molecular weight is 272 g/mol. The van der Waals surface area contributed by atoms with E-state index in [0.717, 1.165) is 6.08 Å². The fraction of sp³-hybridized carbons (Fsp3) is 0.727. The molecule has 0 heterocycles. The minimum absolute atomic E-state index is 0.205. The first-order chi connectivity index (χ1) is 8.18. The second-order valence-electron chi connectivity index (χ2n) is 4.28. The van der Waals surface area contributed by atoms with Crippen molar-refractivity contribution in [2.75, 3.05) is 6.61 Å². The Balaban J connectivity index is 2.30. The predicted molar refractivity (Wildman–Crippen MR) is 53.1 cm³/mol. The van der Waals surface area contributed by atoms with Crippen LogP contribution in [-0.2, 0) is 9.53 Å². The number of halogens is 5. The van der Waals surface area contributed by atoms with Gasteiger partial charge in [0.25, 0.3) is 0 Å². The van der Waals surface area contributed by atoms with Gasteiger partial charge >= 0.3 is 12.1 Å². The number of hydrogen-bond acceptors (Lipinski definition) is 2. The summed E-state index contributed by atoms with van der Waals surface area (Å²) in [5.41, 5.74) is 0. The van der Waals surface area contributed by atoms with Crippen LogP contribution >= 0.6 is 0 Å². The van der Waals surface area contributed by atoms with E-state index in [1.54, 1.807) is 0 Å². The van der Waals surface area contributed by atoms with E-state index in [2.05, 4.69) is 4.74 Å². The molecule has 1 aliphatic carbocycles. The van der Waals surface area contributed by atoms with E-state index in [0.29, 0.717) is 0 Å². The fourth-order valence-corrected chi connectivity index (χ4v) is 1.67. The lowest BCUT2D eigenvalue weighted by atomic mass is 9.86. The highest BCUT2D eigenvalue weighted by Crippen LogP contribution is 2.36. The second kappa shape index (κ2) is 5.67. The third-order valence-electron chi connectivity index (χ3n) is 2.64. The molecule has 0 aliphatic heterocycles. The molecule has 0 unspecified atom stereocenters. The first kappa shape index (κ1) is 14.9. The predicted octanol–water partition coefficient (Wildman–Crippen LogP) is 3.47. The smallest absolute Gasteiger partial charge is 0.422 e. The van der Waals surface area contributed by atoms with Crippen LogP contribution in [0, 0.1) is 5.92 Å². The maximum Gasteiger partial charge on any atom is 0.422 e. The summed E-state index contributed by atoms with van der Waals surface area (Å²) in [6.07, 6.45) is -2.43. The lowest BCUT2D eigenvalue weighted by Crippen LogP contribution is -2.24. The number of allylic oxidation sites excluding steroid dienone is 1. The van der Waals surface area contributed by atoms with Crippen molar-refractivity contribution >= 4 is 5.97 Å². The molecular formula is C11H13F5O2. The van der Waals surface area contributed by atoms with Crippen molar-refractivity contribution in [1.82, 2.24) is 0 Å². The van der Waals surface area contributed by atoms with Crippen molar-refractivity contribution < 1.29 is 31.5 Å². The summed E-state index contributed by atoms with van der Waals surface area (Å²) in [6, 6.07) is 0. The van der Waals surface area contributed by atoms with Crippen LogP contribution in [0.25, 0.3) is 0 Å². The van der Waals surface area contributed by atoms with Crippen molar-refractivity contribution in [2.45, 2.75) is 37.8 Å². The van der Waals surface area contributed by atoms with Gasteiger partial charge in [0.05, 0.1) is 0 Å². The molecule has 0 amide bonds. The molecule has 0 aromatic rings. The van der Waals surface area contributed by atoms with Crippen LogP contribution < -0.4 is 0 Å². The molecule has 0 bridgehead atoms. The van der Waals surface area contributed by atoms with Gasteiger partial charge in [-0.2, -0.15) is 13.2 Å². The van der Waals surface area contributed by atoms with Crippen LogP contribution in [0.1, 0.15) is 25.7 Å². The standard InChI is InChI=1S/C11H13F5O2/c12-10(13)5-3-8(4-6-10)1-2-9(17)18-7-11(14,15)16/h1-2,8H,3-7H2/b2-1+. The lowest BCUT2D eigenvalue weighted by molar-refractivity contribution is -0.182. The summed E-state index contributed by atoms with van der Waals surface area (Å²) >= 11 is 0. The maximum absolute atomic E-state index is 12.8. The highest BCUT2D eigenvalue weighted by Gasteiger charge is 2.34. The summed E-state index contributed by atoms with van der Waals surface area (Å²) in [4.78, 5) is 10.9. The van der Waals surface area contributed by atoms with E-state index in [-0.39, 0.29) is 31.6 Å². The van der Waals surface area contributed by atoms with E-state index in [9.17, 15) is 26.7 Å². The zero-order chi connectivity index (χ0) is 13.8. The van der Waals surface area contributed by atoms with Gasteiger partial charge in [0, 0.05) is 18.9 Å².